The number of aromatic nitrogens is 2. The maximum Gasteiger partial charge on any atom is 0.347 e. The van der Waals surface area contributed by atoms with Crippen LogP contribution in [-0.2, 0) is 4.74 Å². The molecular weight excluding hydrogens is 188 g/mol. The van der Waals surface area contributed by atoms with E-state index in [4.69, 9.17) is 11.5 Å². The Morgan fingerprint density at radius 3 is 2.71 bits per heavy atom. The second kappa shape index (κ2) is 3.77. The Bertz CT molecular complexity index is 412. The number of nitrogens with one attached hydrogen (secondary N) is 1. The Kier molecular flexibility index (Phi) is 2.70. The molecule has 1 aromatic heterocycles. The van der Waals surface area contributed by atoms with Gasteiger partial charge in [-0.3, -0.25) is 9.78 Å². The van der Waals surface area contributed by atoms with Crippen molar-refractivity contribution in [3.63, 3.8) is 0 Å². The molecule has 1 rings (SSSR count). The number of H-pyrrole nitrogens is 1. The summed E-state index contributed by atoms with van der Waals surface area (Å²) in [6.45, 7) is 1.77. The molecule has 76 valence electrons. The van der Waals surface area contributed by atoms with Gasteiger partial charge in [-0.15, -0.1) is 0 Å². The van der Waals surface area contributed by atoms with Crippen LogP contribution in [0.5, 0.6) is 0 Å². The highest BCUT2D eigenvalue weighted by Gasteiger charge is 2.17. The molecule has 0 aliphatic rings. The fraction of sp³-hybridized carbons (Fsp3) is 0.286. The topological polar surface area (TPSA) is 124 Å². The van der Waals surface area contributed by atoms with Crippen molar-refractivity contribution < 1.29 is 9.53 Å². The van der Waals surface area contributed by atoms with Crippen LogP contribution in [0, 0.1) is 0 Å². The third-order valence-electron chi connectivity index (χ3n) is 1.45. The van der Waals surface area contributed by atoms with Crippen LogP contribution in [0.15, 0.2) is 4.79 Å². The lowest BCUT2D eigenvalue weighted by atomic mass is 10.3. The average molecular weight is 198 g/mol. The summed E-state index contributed by atoms with van der Waals surface area (Å²) >= 11 is 0. The molecule has 1 aromatic rings. The zero-order valence-corrected chi connectivity index (χ0v) is 7.53. The lowest BCUT2D eigenvalue weighted by molar-refractivity contribution is 0.0525. The maximum atomic E-state index is 11.2. The Hall–Kier alpha value is -2.05. The molecule has 1 heterocycles. The second-order valence-corrected chi connectivity index (χ2v) is 2.43. The summed E-state index contributed by atoms with van der Waals surface area (Å²) < 4.78 is 4.61. The number of esters is 1. The molecule has 0 atom stereocenters. The third-order valence-corrected chi connectivity index (χ3v) is 1.45. The van der Waals surface area contributed by atoms with Crippen LogP contribution in [0.4, 0.5) is 11.8 Å². The van der Waals surface area contributed by atoms with E-state index in [9.17, 15) is 9.59 Å². The van der Waals surface area contributed by atoms with Crippen LogP contribution in [0.2, 0.25) is 0 Å². The quantitative estimate of drug-likeness (QED) is 0.529. The van der Waals surface area contributed by atoms with E-state index in [-0.39, 0.29) is 23.9 Å². The van der Waals surface area contributed by atoms with Crippen LogP contribution in [0.3, 0.4) is 0 Å². The predicted molar refractivity (Wildman–Crippen MR) is 49.6 cm³/mol. The number of rotatable bonds is 2. The van der Waals surface area contributed by atoms with Gasteiger partial charge >= 0.3 is 5.97 Å². The van der Waals surface area contributed by atoms with Gasteiger partial charge in [-0.05, 0) is 6.92 Å². The largest absolute Gasteiger partial charge is 0.462 e. The van der Waals surface area contributed by atoms with E-state index in [2.05, 4.69) is 14.7 Å². The number of anilines is 2. The lowest BCUT2D eigenvalue weighted by Gasteiger charge is -2.03. The summed E-state index contributed by atoms with van der Waals surface area (Å²) in [5.74, 6) is -1.18. The van der Waals surface area contributed by atoms with Gasteiger partial charge in [0.2, 0.25) is 5.95 Å². The molecule has 0 saturated carbocycles. The summed E-state index contributed by atoms with van der Waals surface area (Å²) in [7, 11) is 0. The molecule has 5 N–H and O–H groups in total. The summed E-state index contributed by atoms with van der Waals surface area (Å²) in [6, 6.07) is 0. The number of nitrogens with zero attached hydrogens (tertiary/aromatic N) is 1. The van der Waals surface area contributed by atoms with Crippen molar-refractivity contribution in [2.24, 2.45) is 0 Å². The molecule has 0 aromatic carbocycles. The van der Waals surface area contributed by atoms with Gasteiger partial charge in [0.25, 0.3) is 5.56 Å². The van der Waals surface area contributed by atoms with E-state index in [1.807, 2.05) is 0 Å². The van der Waals surface area contributed by atoms with E-state index < -0.39 is 11.5 Å². The number of aromatic amines is 1. The SMILES string of the molecule is CCOC(=O)c1c(N)nc(N)[nH]c1=O. The Balaban J connectivity index is 3.21. The molecule has 0 bridgehead atoms. The van der Waals surface area contributed by atoms with Gasteiger partial charge in [0.1, 0.15) is 5.82 Å². The Morgan fingerprint density at radius 1 is 1.57 bits per heavy atom. The first kappa shape index (κ1) is 10.0. The normalized spacial score (nSPS) is 9.79. The van der Waals surface area contributed by atoms with Gasteiger partial charge in [-0.1, -0.05) is 0 Å². The fourth-order valence-corrected chi connectivity index (χ4v) is 0.909. The molecule has 7 nitrogen and oxygen atoms in total. The molecule has 0 amide bonds. The van der Waals surface area contributed by atoms with Crippen molar-refractivity contribution in [1.82, 2.24) is 9.97 Å². The Morgan fingerprint density at radius 2 is 2.21 bits per heavy atom. The van der Waals surface area contributed by atoms with Crippen LogP contribution in [0.1, 0.15) is 17.3 Å². The minimum absolute atomic E-state index is 0.138. The monoisotopic (exact) mass is 198 g/mol. The highest BCUT2D eigenvalue weighted by atomic mass is 16.5. The van der Waals surface area contributed by atoms with Crippen LogP contribution in [0.25, 0.3) is 0 Å². The average Bonchev–Trinajstić information content (AvgIpc) is 2.01. The van der Waals surface area contributed by atoms with Gasteiger partial charge in [-0.2, -0.15) is 4.98 Å². The van der Waals surface area contributed by atoms with E-state index in [1.165, 1.54) is 0 Å². The van der Waals surface area contributed by atoms with Crippen molar-refractivity contribution >= 4 is 17.7 Å². The molecule has 7 heteroatoms. The fourth-order valence-electron chi connectivity index (χ4n) is 0.909. The van der Waals surface area contributed by atoms with Crippen molar-refractivity contribution in [2.45, 2.75) is 6.92 Å². The maximum absolute atomic E-state index is 11.2. The molecule has 0 fully saturated rings. The van der Waals surface area contributed by atoms with E-state index in [0.717, 1.165) is 0 Å². The number of carbonyl (C=O) groups is 1. The highest BCUT2D eigenvalue weighted by Crippen LogP contribution is 2.04. The minimum atomic E-state index is -0.807. The van der Waals surface area contributed by atoms with Gasteiger partial charge < -0.3 is 16.2 Å². The highest BCUT2D eigenvalue weighted by molar-refractivity contribution is 5.93. The first-order valence-corrected chi connectivity index (χ1v) is 3.88. The molecule has 0 saturated heterocycles. The molecule has 0 unspecified atom stereocenters. The second-order valence-electron chi connectivity index (χ2n) is 2.43. The first-order chi connectivity index (χ1) is 6.56. The van der Waals surface area contributed by atoms with Gasteiger partial charge in [0.15, 0.2) is 5.56 Å². The van der Waals surface area contributed by atoms with Crippen molar-refractivity contribution in [3.05, 3.63) is 15.9 Å². The third kappa shape index (κ3) is 1.82. The van der Waals surface area contributed by atoms with Crippen LogP contribution in [-0.4, -0.2) is 22.5 Å². The van der Waals surface area contributed by atoms with Gasteiger partial charge in [-0.25, -0.2) is 4.79 Å². The number of nitrogen functional groups attached to an aromatic ring is 2. The zero-order valence-electron chi connectivity index (χ0n) is 7.53. The molecule has 0 aliphatic heterocycles. The zero-order chi connectivity index (χ0) is 10.7. The molecule has 0 aliphatic carbocycles. The first-order valence-electron chi connectivity index (χ1n) is 3.88. The number of carbonyl (C=O) groups excluding carboxylic acids is 1. The van der Waals surface area contributed by atoms with Gasteiger partial charge in [0.05, 0.1) is 6.61 Å². The molecule has 14 heavy (non-hydrogen) atoms. The number of hydrogen-bond acceptors (Lipinski definition) is 6. The summed E-state index contributed by atoms with van der Waals surface area (Å²) in [4.78, 5) is 28.1. The number of ether oxygens (including phenoxy) is 1. The Labute approximate surface area is 79.1 Å². The number of hydrogen-bond donors (Lipinski definition) is 3. The van der Waals surface area contributed by atoms with Crippen LogP contribution < -0.4 is 17.0 Å². The van der Waals surface area contributed by atoms with Crippen molar-refractivity contribution in [1.29, 1.82) is 0 Å². The molecule has 0 spiro atoms. The standard InChI is InChI=1S/C7H10N4O3/c1-2-14-6(13)3-4(8)10-7(9)11-5(3)12/h2H2,1H3,(H5,8,9,10,11,12). The van der Waals surface area contributed by atoms with E-state index >= 15 is 0 Å². The van der Waals surface area contributed by atoms with E-state index in [1.54, 1.807) is 6.92 Å². The van der Waals surface area contributed by atoms with Crippen molar-refractivity contribution in [2.75, 3.05) is 18.1 Å². The van der Waals surface area contributed by atoms with Crippen molar-refractivity contribution in [3.8, 4) is 0 Å². The van der Waals surface area contributed by atoms with E-state index in [0.29, 0.717) is 0 Å². The summed E-state index contributed by atoms with van der Waals surface area (Å²) in [5.41, 5.74) is 9.53. The number of nitrogens with two attached hydrogens (primary N) is 2. The summed E-state index contributed by atoms with van der Waals surface area (Å²) in [5, 5.41) is 0. The van der Waals surface area contributed by atoms with Crippen LogP contribution >= 0.6 is 0 Å². The lowest BCUT2D eigenvalue weighted by Crippen LogP contribution is -2.24. The van der Waals surface area contributed by atoms with Gasteiger partial charge in [0, 0.05) is 0 Å². The smallest absolute Gasteiger partial charge is 0.347 e. The minimum Gasteiger partial charge on any atom is -0.462 e. The molecule has 0 radical (unpaired) electrons. The summed E-state index contributed by atoms with van der Waals surface area (Å²) in [6.07, 6.45) is 0. The molecular formula is C7H10N4O3. The predicted octanol–water partition coefficient (Wildman–Crippen LogP) is -0.889.